The summed E-state index contributed by atoms with van der Waals surface area (Å²) in [6.07, 6.45) is 1.06. The first kappa shape index (κ1) is 14.7. The van der Waals surface area contributed by atoms with Gasteiger partial charge in [0.05, 0.1) is 7.11 Å². The van der Waals surface area contributed by atoms with Gasteiger partial charge in [-0.2, -0.15) is 0 Å². The molecule has 1 heterocycles. The van der Waals surface area contributed by atoms with Gasteiger partial charge in [0.1, 0.15) is 5.75 Å². The molecule has 0 saturated heterocycles. The molecule has 3 rings (SSSR count). The van der Waals surface area contributed by atoms with Crippen LogP contribution in [-0.4, -0.2) is 25.7 Å². The molecule has 0 fully saturated rings. The molecule has 0 spiro atoms. The van der Waals surface area contributed by atoms with Crippen molar-refractivity contribution in [1.82, 2.24) is 10.3 Å². The SMILES string of the molecule is CNCCC(c1ccccc1)c1cc2cc(OC)ccc2[nH]1. The Bertz CT molecular complexity index is 734. The van der Waals surface area contributed by atoms with Crippen molar-refractivity contribution in [2.45, 2.75) is 12.3 Å². The van der Waals surface area contributed by atoms with Gasteiger partial charge < -0.3 is 15.0 Å². The molecule has 0 aliphatic rings. The number of aromatic nitrogens is 1. The predicted molar refractivity (Wildman–Crippen MR) is 91.7 cm³/mol. The Labute approximate surface area is 131 Å². The summed E-state index contributed by atoms with van der Waals surface area (Å²) >= 11 is 0. The Hall–Kier alpha value is -2.26. The maximum atomic E-state index is 5.32. The van der Waals surface area contributed by atoms with E-state index in [2.05, 4.69) is 58.8 Å². The first-order valence-electron chi connectivity index (χ1n) is 7.68. The number of rotatable bonds is 6. The Balaban J connectivity index is 2.00. The van der Waals surface area contributed by atoms with E-state index in [1.165, 1.54) is 16.6 Å². The normalized spacial score (nSPS) is 12.5. The highest BCUT2D eigenvalue weighted by Gasteiger charge is 2.16. The van der Waals surface area contributed by atoms with Crippen molar-refractivity contribution in [3.63, 3.8) is 0 Å². The number of benzene rings is 2. The Morgan fingerprint density at radius 1 is 1.09 bits per heavy atom. The molecular formula is C19H22N2O. The molecule has 22 heavy (non-hydrogen) atoms. The van der Waals surface area contributed by atoms with Crippen molar-refractivity contribution in [2.75, 3.05) is 20.7 Å². The summed E-state index contributed by atoms with van der Waals surface area (Å²) in [6, 6.07) is 19.1. The van der Waals surface area contributed by atoms with E-state index in [-0.39, 0.29) is 0 Å². The highest BCUT2D eigenvalue weighted by Crippen LogP contribution is 2.31. The van der Waals surface area contributed by atoms with Gasteiger partial charge >= 0.3 is 0 Å². The van der Waals surface area contributed by atoms with Crippen LogP contribution in [0, 0.1) is 0 Å². The molecule has 0 bridgehead atoms. The van der Waals surface area contributed by atoms with Crippen molar-refractivity contribution in [3.8, 4) is 5.75 Å². The van der Waals surface area contributed by atoms with E-state index in [1.807, 2.05) is 13.1 Å². The second kappa shape index (κ2) is 6.67. The molecule has 0 amide bonds. The van der Waals surface area contributed by atoms with Gasteiger partial charge in [0.15, 0.2) is 0 Å². The molecule has 3 heteroatoms. The van der Waals surface area contributed by atoms with Crippen molar-refractivity contribution in [1.29, 1.82) is 0 Å². The number of ether oxygens (including phenoxy) is 1. The van der Waals surface area contributed by atoms with E-state index in [9.17, 15) is 0 Å². The minimum absolute atomic E-state index is 0.368. The van der Waals surface area contributed by atoms with E-state index in [1.54, 1.807) is 7.11 Å². The van der Waals surface area contributed by atoms with Crippen LogP contribution < -0.4 is 10.1 Å². The summed E-state index contributed by atoms with van der Waals surface area (Å²) in [5, 5.41) is 4.45. The summed E-state index contributed by atoms with van der Waals surface area (Å²) in [5.74, 6) is 1.26. The van der Waals surface area contributed by atoms with E-state index >= 15 is 0 Å². The van der Waals surface area contributed by atoms with E-state index in [0.717, 1.165) is 24.2 Å². The number of hydrogen-bond donors (Lipinski definition) is 2. The monoisotopic (exact) mass is 294 g/mol. The fraction of sp³-hybridized carbons (Fsp3) is 0.263. The quantitative estimate of drug-likeness (QED) is 0.723. The van der Waals surface area contributed by atoms with Gasteiger partial charge in [0.2, 0.25) is 0 Å². The van der Waals surface area contributed by atoms with Gasteiger partial charge in [0, 0.05) is 22.5 Å². The minimum atomic E-state index is 0.368. The summed E-state index contributed by atoms with van der Waals surface area (Å²) in [4.78, 5) is 3.57. The summed E-state index contributed by atoms with van der Waals surface area (Å²) in [6.45, 7) is 0.984. The van der Waals surface area contributed by atoms with Gasteiger partial charge in [-0.15, -0.1) is 0 Å². The number of aromatic amines is 1. The highest BCUT2D eigenvalue weighted by molar-refractivity contribution is 5.82. The summed E-state index contributed by atoms with van der Waals surface area (Å²) < 4.78 is 5.32. The number of methoxy groups -OCH3 is 1. The van der Waals surface area contributed by atoms with Crippen LogP contribution in [0.25, 0.3) is 10.9 Å². The summed E-state index contributed by atoms with van der Waals surface area (Å²) in [7, 11) is 3.70. The van der Waals surface area contributed by atoms with Crippen LogP contribution in [0.5, 0.6) is 5.75 Å². The largest absolute Gasteiger partial charge is 0.497 e. The van der Waals surface area contributed by atoms with Crippen LogP contribution in [0.4, 0.5) is 0 Å². The first-order chi connectivity index (χ1) is 10.8. The molecule has 3 nitrogen and oxygen atoms in total. The molecule has 0 aliphatic carbocycles. The number of fused-ring (bicyclic) bond motifs is 1. The molecule has 1 atom stereocenters. The highest BCUT2D eigenvalue weighted by atomic mass is 16.5. The van der Waals surface area contributed by atoms with Crippen LogP contribution in [0.2, 0.25) is 0 Å². The average Bonchev–Trinajstić information content (AvgIpc) is 2.98. The van der Waals surface area contributed by atoms with Gasteiger partial charge in [-0.3, -0.25) is 0 Å². The lowest BCUT2D eigenvalue weighted by molar-refractivity contribution is 0.415. The van der Waals surface area contributed by atoms with Crippen LogP contribution in [0.3, 0.4) is 0 Å². The maximum absolute atomic E-state index is 5.32. The average molecular weight is 294 g/mol. The van der Waals surface area contributed by atoms with E-state index in [4.69, 9.17) is 4.74 Å². The third kappa shape index (κ3) is 3.00. The molecule has 2 aromatic carbocycles. The molecule has 1 aromatic heterocycles. The number of hydrogen-bond acceptors (Lipinski definition) is 2. The van der Waals surface area contributed by atoms with E-state index in [0.29, 0.717) is 5.92 Å². The Morgan fingerprint density at radius 2 is 1.91 bits per heavy atom. The van der Waals surface area contributed by atoms with Crippen LogP contribution in [0.15, 0.2) is 54.6 Å². The predicted octanol–water partition coefficient (Wildman–Crippen LogP) is 3.92. The third-order valence-electron chi connectivity index (χ3n) is 4.11. The molecule has 3 aromatic rings. The fourth-order valence-corrected chi connectivity index (χ4v) is 2.92. The second-order valence-electron chi connectivity index (χ2n) is 5.53. The molecule has 1 unspecified atom stereocenters. The molecule has 0 radical (unpaired) electrons. The number of H-pyrrole nitrogens is 1. The number of nitrogens with one attached hydrogen (secondary N) is 2. The lowest BCUT2D eigenvalue weighted by Crippen LogP contribution is -2.13. The van der Waals surface area contributed by atoms with Crippen molar-refractivity contribution in [2.24, 2.45) is 0 Å². The first-order valence-corrected chi connectivity index (χ1v) is 7.68. The van der Waals surface area contributed by atoms with Crippen molar-refractivity contribution in [3.05, 3.63) is 65.9 Å². The zero-order chi connectivity index (χ0) is 15.4. The fourth-order valence-electron chi connectivity index (χ4n) is 2.92. The molecule has 114 valence electrons. The minimum Gasteiger partial charge on any atom is -0.497 e. The standard InChI is InChI=1S/C19H22N2O/c1-20-11-10-17(14-6-4-3-5-7-14)19-13-15-12-16(22-2)8-9-18(15)21-19/h3-9,12-13,17,20-21H,10-11H2,1-2H3. The lowest BCUT2D eigenvalue weighted by atomic mass is 9.92. The zero-order valence-electron chi connectivity index (χ0n) is 13.1. The molecule has 0 saturated carbocycles. The van der Waals surface area contributed by atoms with Gasteiger partial charge in [-0.1, -0.05) is 30.3 Å². The lowest BCUT2D eigenvalue weighted by Gasteiger charge is -2.16. The smallest absolute Gasteiger partial charge is 0.119 e. The Kier molecular flexibility index (Phi) is 4.45. The van der Waals surface area contributed by atoms with Crippen LogP contribution in [0.1, 0.15) is 23.6 Å². The molecule has 0 aliphatic heterocycles. The van der Waals surface area contributed by atoms with Crippen molar-refractivity contribution < 1.29 is 4.74 Å². The second-order valence-corrected chi connectivity index (χ2v) is 5.53. The van der Waals surface area contributed by atoms with E-state index < -0.39 is 0 Å². The molecular weight excluding hydrogens is 272 g/mol. The topological polar surface area (TPSA) is 37.0 Å². The summed E-state index contributed by atoms with van der Waals surface area (Å²) in [5.41, 5.74) is 3.75. The third-order valence-corrected chi connectivity index (χ3v) is 4.11. The maximum Gasteiger partial charge on any atom is 0.119 e. The van der Waals surface area contributed by atoms with Crippen LogP contribution >= 0.6 is 0 Å². The van der Waals surface area contributed by atoms with Crippen LogP contribution in [-0.2, 0) is 0 Å². The zero-order valence-corrected chi connectivity index (χ0v) is 13.1. The van der Waals surface area contributed by atoms with Gasteiger partial charge in [-0.25, -0.2) is 0 Å². The van der Waals surface area contributed by atoms with Gasteiger partial charge in [0.25, 0.3) is 0 Å². The van der Waals surface area contributed by atoms with Crippen molar-refractivity contribution >= 4 is 10.9 Å². The Morgan fingerprint density at radius 3 is 2.64 bits per heavy atom. The van der Waals surface area contributed by atoms with Gasteiger partial charge in [-0.05, 0) is 49.8 Å². The molecule has 2 N–H and O–H groups in total.